The van der Waals surface area contributed by atoms with Gasteiger partial charge in [0.1, 0.15) is 0 Å². The zero-order chi connectivity index (χ0) is 12.5. The number of nitrogens with one attached hydrogen (secondary N) is 1. The first-order valence-electron chi connectivity index (χ1n) is 7.50. The molecule has 0 aromatic carbocycles. The van der Waals surface area contributed by atoms with Crippen LogP contribution in [0.2, 0.25) is 0 Å². The molecule has 3 atom stereocenters. The first kappa shape index (κ1) is 15.1. The molecule has 3 rings (SSSR count). The van der Waals surface area contributed by atoms with E-state index in [9.17, 15) is 4.79 Å². The lowest BCUT2D eigenvalue weighted by Gasteiger charge is -2.31. The summed E-state index contributed by atoms with van der Waals surface area (Å²) in [5.74, 6) is 0.357. The summed E-state index contributed by atoms with van der Waals surface area (Å²) in [6.07, 6.45) is 7.19. The Morgan fingerprint density at radius 2 is 1.89 bits per heavy atom. The molecule has 3 heterocycles. The quantitative estimate of drug-likeness (QED) is 0.788. The fourth-order valence-electron chi connectivity index (χ4n) is 3.79. The Morgan fingerprint density at radius 1 is 1.11 bits per heavy atom. The molecule has 0 aromatic heterocycles. The SMILES string of the molecule is CN1C2CCC1CN(C(=O)[C@H]1CCCCN1)CC2.Cl. The number of likely N-dealkylation sites (tertiary alicyclic amines) is 1. The molecule has 1 amide bonds. The molecule has 19 heavy (non-hydrogen) atoms. The van der Waals surface area contributed by atoms with Gasteiger partial charge < -0.3 is 10.2 Å². The van der Waals surface area contributed by atoms with Gasteiger partial charge in [-0.15, -0.1) is 12.4 Å². The van der Waals surface area contributed by atoms with Gasteiger partial charge in [-0.1, -0.05) is 6.42 Å². The molecular weight excluding hydrogens is 262 g/mol. The average molecular weight is 288 g/mol. The van der Waals surface area contributed by atoms with Crippen molar-refractivity contribution < 1.29 is 4.79 Å². The Bertz CT molecular complexity index is 320. The molecule has 5 heteroatoms. The zero-order valence-corrected chi connectivity index (χ0v) is 12.6. The minimum absolute atomic E-state index is 0. The highest BCUT2D eigenvalue weighted by Gasteiger charge is 2.37. The van der Waals surface area contributed by atoms with Crippen LogP contribution in [-0.4, -0.2) is 60.5 Å². The molecule has 3 fully saturated rings. The maximum absolute atomic E-state index is 12.5. The molecule has 110 valence electrons. The molecule has 2 bridgehead atoms. The fourth-order valence-corrected chi connectivity index (χ4v) is 3.79. The van der Waals surface area contributed by atoms with Gasteiger partial charge in [0.25, 0.3) is 0 Å². The summed E-state index contributed by atoms with van der Waals surface area (Å²) in [5, 5.41) is 3.39. The minimum Gasteiger partial charge on any atom is -0.340 e. The number of likely N-dealkylation sites (N-methyl/N-ethyl adjacent to an activating group) is 1. The van der Waals surface area contributed by atoms with E-state index in [2.05, 4.69) is 22.2 Å². The van der Waals surface area contributed by atoms with Crippen LogP contribution in [0.25, 0.3) is 0 Å². The van der Waals surface area contributed by atoms with Gasteiger partial charge in [-0.25, -0.2) is 0 Å². The summed E-state index contributed by atoms with van der Waals surface area (Å²) in [6, 6.07) is 1.41. The summed E-state index contributed by atoms with van der Waals surface area (Å²) in [5.41, 5.74) is 0. The number of carbonyl (C=O) groups is 1. The number of fused-ring (bicyclic) bond motifs is 2. The van der Waals surface area contributed by atoms with E-state index in [1.807, 2.05) is 0 Å². The highest BCUT2D eigenvalue weighted by molar-refractivity contribution is 5.85. The van der Waals surface area contributed by atoms with E-state index >= 15 is 0 Å². The van der Waals surface area contributed by atoms with Crippen LogP contribution in [0.15, 0.2) is 0 Å². The predicted octanol–water partition coefficient (Wildman–Crippen LogP) is 1.25. The van der Waals surface area contributed by atoms with Crippen molar-refractivity contribution in [1.29, 1.82) is 0 Å². The second-order valence-corrected chi connectivity index (χ2v) is 6.13. The molecule has 2 unspecified atom stereocenters. The summed E-state index contributed by atoms with van der Waals surface area (Å²) < 4.78 is 0. The molecule has 0 spiro atoms. The molecule has 4 nitrogen and oxygen atoms in total. The largest absolute Gasteiger partial charge is 0.340 e. The average Bonchev–Trinajstić information content (AvgIpc) is 2.64. The number of rotatable bonds is 1. The third-order valence-electron chi connectivity index (χ3n) is 5.07. The van der Waals surface area contributed by atoms with Gasteiger partial charge in [0.2, 0.25) is 5.91 Å². The van der Waals surface area contributed by atoms with Crippen molar-refractivity contribution in [2.75, 3.05) is 26.7 Å². The Hall–Kier alpha value is -0.320. The van der Waals surface area contributed by atoms with Gasteiger partial charge in [0.15, 0.2) is 0 Å². The number of piperidine rings is 1. The lowest BCUT2D eigenvalue weighted by Crippen LogP contribution is -2.50. The summed E-state index contributed by atoms with van der Waals surface area (Å²) in [7, 11) is 2.23. The number of halogens is 1. The van der Waals surface area contributed by atoms with Gasteiger partial charge in [0.05, 0.1) is 6.04 Å². The fraction of sp³-hybridized carbons (Fsp3) is 0.929. The normalized spacial score (nSPS) is 35.6. The van der Waals surface area contributed by atoms with E-state index in [0.29, 0.717) is 18.0 Å². The third-order valence-corrected chi connectivity index (χ3v) is 5.07. The van der Waals surface area contributed by atoms with E-state index < -0.39 is 0 Å². The van der Waals surface area contributed by atoms with Crippen LogP contribution in [0.1, 0.15) is 38.5 Å². The first-order valence-corrected chi connectivity index (χ1v) is 7.50. The minimum atomic E-state index is 0. The maximum Gasteiger partial charge on any atom is 0.239 e. The van der Waals surface area contributed by atoms with Crippen molar-refractivity contribution in [3.05, 3.63) is 0 Å². The van der Waals surface area contributed by atoms with Gasteiger partial charge >= 0.3 is 0 Å². The van der Waals surface area contributed by atoms with Crippen molar-refractivity contribution in [2.24, 2.45) is 0 Å². The number of carbonyl (C=O) groups excluding carboxylic acids is 1. The standard InChI is InChI=1S/C14H25N3O.ClH/c1-16-11-5-6-12(16)10-17(9-7-11)14(18)13-4-2-3-8-15-13;/h11-13,15H,2-10H2,1H3;1H/t11?,12?,13-;/m1./s1. The summed E-state index contributed by atoms with van der Waals surface area (Å²) in [4.78, 5) is 17.2. The lowest BCUT2D eigenvalue weighted by molar-refractivity contribution is -0.134. The van der Waals surface area contributed by atoms with Crippen LogP contribution in [0.3, 0.4) is 0 Å². The van der Waals surface area contributed by atoms with Crippen LogP contribution in [0.5, 0.6) is 0 Å². The number of hydrogen-bond acceptors (Lipinski definition) is 3. The van der Waals surface area contributed by atoms with Crippen molar-refractivity contribution >= 4 is 18.3 Å². The van der Waals surface area contributed by atoms with Crippen LogP contribution >= 0.6 is 12.4 Å². The van der Waals surface area contributed by atoms with Gasteiger partial charge in [-0.05, 0) is 45.7 Å². The Morgan fingerprint density at radius 3 is 2.63 bits per heavy atom. The van der Waals surface area contributed by atoms with E-state index in [-0.39, 0.29) is 18.4 Å². The number of amides is 1. The molecule has 0 aromatic rings. The van der Waals surface area contributed by atoms with Gasteiger partial charge in [0, 0.05) is 25.2 Å². The van der Waals surface area contributed by atoms with Crippen molar-refractivity contribution in [2.45, 2.75) is 56.7 Å². The zero-order valence-electron chi connectivity index (χ0n) is 11.8. The Labute approximate surface area is 122 Å². The second-order valence-electron chi connectivity index (χ2n) is 6.13. The molecule has 3 aliphatic rings. The summed E-state index contributed by atoms with van der Waals surface area (Å²) >= 11 is 0. The second kappa shape index (κ2) is 6.42. The maximum atomic E-state index is 12.5. The van der Waals surface area contributed by atoms with Crippen LogP contribution in [0, 0.1) is 0 Å². The van der Waals surface area contributed by atoms with Crippen molar-refractivity contribution in [3.63, 3.8) is 0 Å². The smallest absolute Gasteiger partial charge is 0.239 e. The molecule has 0 aliphatic carbocycles. The van der Waals surface area contributed by atoms with Crippen molar-refractivity contribution in [3.8, 4) is 0 Å². The number of hydrogen-bond donors (Lipinski definition) is 1. The molecule has 0 saturated carbocycles. The van der Waals surface area contributed by atoms with Gasteiger partial charge in [-0.3, -0.25) is 9.69 Å². The van der Waals surface area contributed by atoms with Gasteiger partial charge in [-0.2, -0.15) is 0 Å². The van der Waals surface area contributed by atoms with Crippen LogP contribution < -0.4 is 5.32 Å². The Kier molecular flexibility index (Phi) is 5.09. The lowest BCUT2D eigenvalue weighted by atomic mass is 10.0. The van der Waals surface area contributed by atoms with E-state index in [1.54, 1.807) is 0 Å². The molecule has 3 aliphatic heterocycles. The first-order chi connectivity index (χ1) is 8.75. The molecule has 0 radical (unpaired) electrons. The monoisotopic (exact) mass is 287 g/mol. The predicted molar refractivity (Wildman–Crippen MR) is 78.7 cm³/mol. The van der Waals surface area contributed by atoms with E-state index in [0.717, 1.165) is 32.5 Å². The Balaban J connectivity index is 0.00000133. The highest BCUT2D eigenvalue weighted by Crippen LogP contribution is 2.28. The van der Waals surface area contributed by atoms with Crippen molar-refractivity contribution in [1.82, 2.24) is 15.1 Å². The summed E-state index contributed by atoms with van der Waals surface area (Å²) in [6.45, 7) is 2.92. The molecular formula is C14H26ClN3O. The van der Waals surface area contributed by atoms with E-state index in [4.69, 9.17) is 0 Å². The molecule has 1 N–H and O–H groups in total. The molecule has 3 saturated heterocycles. The van der Waals surface area contributed by atoms with Crippen LogP contribution in [0.4, 0.5) is 0 Å². The topological polar surface area (TPSA) is 35.6 Å². The van der Waals surface area contributed by atoms with Crippen LogP contribution in [-0.2, 0) is 4.79 Å². The van der Waals surface area contributed by atoms with E-state index in [1.165, 1.54) is 25.7 Å². The highest BCUT2D eigenvalue weighted by atomic mass is 35.5. The third kappa shape index (κ3) is 3.06. The number of nitrogens with zero attached hydrogens (tertiary/aromatic N) is 2.